The number of rotatable bonds is 8. The molecule has 2 atom stereocenters. The van der Waals surface area contributed by atoms with Crippen molar-refractivity contribution in [2.45, 2.75) is 24.8 Å². The van der Waals surface area contributed by atoms with Gasteiger partial charge in [-0.05, 0) is 35.6 Å². The van der Waals surface area contributed by atoms with E-state index < -0.39 is 12.0 Å². The predicted octanol–water partition coefficient (Wildman–Crippen LogP) is 5.61. The minimum Gasteiger partial charge on any atom is -0.496 e. The molecule has 0 saturated carbocycles. The van der Waals surface area contributed by atoms with E-state index in [1.807, 2.05) is 78.9 Å². The Balaban J connectivity index is 1.64. The van der Waals surface area contributed by atoms with Gasteiger partial charge in [0.2, 0.25) is 5.91 Å². The minimum absolute atomic E-state index is 0.191. The van der Waals surface area contributed by atoms with Crippen LogP contribution >= 0.6 is 0 Å². The quantitative estimate of drug-likeness (QED) is 0.426. The van der Waals surface area contributed by atoms with Crippen LogP contribution in [0.4, 0.5) is 4.79 Å². The summed E-state index contributed by atoms with van der Waals surface area (Å²) in [6, 6.07) is 25.1. The number of nitrogens with zero attached hydrogens (tertiary/aromatic N) is 1. The SMILES string of the molecule is C=CCC(C(=O)N1C(=O)OCC1Cc1ccccc1)c1ccc(-c2ccccc2)c(OC)c1. The van der Waals surface area contributed by atoms with E-state index in [1.54, 1.807) is 13.2 Å². The van der Waals surface area contributed by atoms with Crippen molar-refractivity contribution < 1.29 is 19.1 Å². The summed E-state index contributed by atoms with van der Waals surface area (Å²) in [6.45, 7) is 4.02. The third-order valence-corrected chi connectivity index (χ3v) is 5.93. The van der Waals surface area contributed by atoms with Crippen LogP contribution in [0, 0.1) is 0 Å². The van der Waals surface area contributed by atoms with E-state index in [4.69, 9.17) is 9.47 Å². The standard InChI is InChI=1S/C28H27NO4/c1-3-10-25(22-15-16-24(26(18-22)32-2)21-13-8-5-9-14-21)27(30)29-23(19-33-28(29)31)17-20-11-6-4-7-12-20/h3-9,11-16,18,23,25H,1,10,17,19H2,2H3. The first-order chi connectivity index (χ1) is 16.1. The number of hydrogen-bond acceptors (Lipinski definition) is 4. The van der Waals surface area contributed by atoms with Crippen LogP contribution in [-0.2, 0) is 16.0 Å². The Bertz CT molecular complexity index is 1130. The number of benzene rings is 3. The Hall–Kier alpha value is -3.86. The lowest BCUT2D eigenvalue weighted by Crippen LogP contribution is -2.42. The summed E-state index contributed by atoms with van der Waals surface area (Å²) in [6.07, 6.45) is 2.06. The zero-order valence-electron chi connectivity index (χ0n) is 18.6. The first-order valence-electron chi connectivity index (χ1n) is 11.0. The topological polar surface area (TPSA) is 55.8 Å². The predicted molar refractivity (Wildman–Crippen MR) is 128 cm³/mol. The number of imide groups is 1. The summed E-state index contributed by atoms with van der Waals surface area (Å²) in [7, 11) is 1.61. The van der Waals surface area contributed by atoms with E-state index >= 15 is 0 Å². The molecule has 168 valence electrons. The number of ether oxygens (including phenoxy) is 2. The summed E-state index contributed by atoms with van der Waals surface area (Å²) in [5.74, 6) is -0.177. The fourth-order valence-corrected chi connectivity index (χ4v) is 4.26. The molecule has 33 heavy (non-hydrogen) atoms. The van der Waals surface area contributed by atoms with E-state index in [-0.39, 0.29) is 18.6 Å². The summed E-state index contributed by atoms with van der Waals surface area (Å²) in [5, 5.41) is 0. The second-order valence-corrected chi connectivity index (χ2v) is 8.03. The first kappa shape index (κ1) is 22.3. The smallest absolute Gasteiger partial charge is 0.417 e. The van der Waals surface area contributed by atoms with Gasteiger partial charge in [0.25, 0.3) is 0 Å². The van der Waals surface area contributed by atoms with Gasteiger partial charge in [0.1, 0.15) is 12.4 Å². The van der Waals surface area contributed by atoms with E-state index in [2.05, 4.69) is 6.58 Å². The lowest BCUT2D eigenvalue weighted by Gasteiger charge is -2.25. The molecule has 0 N–H and O–H groups in total. The van der Waals surface area contributed by atoms with Crippen molar-refractivity contribution >= 4 is 12.0 Å². The maximum Gasteiger partial charge on any atom is 0.417 e. The highest BCUT2D eigenvalue weighted by Gasteiger charge is 2.41. The summed E-state index contributed by atoms with van der Waals surface area (Å²) in [5.41, 5.74) is 3.79. The van der Waals surface area contributed by atoms with E-state index in [1.165, 1.54) is 4.90 Å². The monoisotopic (exact) mass is 441 g/mol. The molecule has 0 spiro atoms. The fraction of sp³-hybridized carbons (Fsp3) is 0.214. The zero-order valence-corrected chi connectivity index (χ0v) is 18.6. The maximum absolute atomic E-state index is 13.6. The van der Waals surface area contributed by atoms with Crippen molar-refractivity contribution in [2.24, 2.45) is 0 Å². The molecule has 0 bridgehead atoms. The van der Waals surface area contributed by atoms with Crippen LogP contribution in [0.15, 0.2) is 91.5 Å². The molecule has 4 rings (SSSR count). The number of carbonyl (C=O) groups excluding carboxylic acids is 2. The lowest BCUT2D eigenvalue weighted by atomic mass is 9.91. The highest BCUT2D eigenvalue weighted by atomic mass is 16.6. The number of carbonyl (C=O) groups is 2. The Morgan fingerprint density at radius 3 is 2.48 bits per heavy atom. The average molecular weight is 442 g/mol. The number of cyclic esters (lactones) is 1. The van der Waals surface area contributed by atoms with Crippen LogP contribution in [0.1, 0.15) is 23.5 Å². The molecule has 1 aliphatic heterocycles. The molecule has 1 aliphatic rings. The zero-order chi connectivity index (χ0) is 23.2. The summed E-state index contributed by atoms with van der Waals surface area (Å²) in [4.78, 5) is 27.5. The molecule has 0 radical (unpaired) electrons. The Kier molecular flexibility index (Phi) is 6.89. The van der Waals surface area contributed by atoms with Crippen LogP contribution in [0.2, 0.25) is 0 Å². The fourth-order valence-electron chi connectivity index (χ4n) is 4.26. The highest BCUT2D eigenvalue weighted by molar-refractivity contribution is 5.97. The molecule has 0 aromatic heterocycles. The van der Waals surface area contributed by atoms with Gasteiger partial charge in [-0.3, -0.25) is 4.79 Å². The van der Waals surface area contributed by atoms with Crippen molar-refractivity contribution in [3.63, 3.8) is 0 Å². The van der Waals surface area contributed by atoms with Crippen molar-refractivity contribution in [1.29, 1.82) is 0 Å². The first-order valence-corrected chi connectivity index (χ1v) is 11.0. The summed E-state index contributed by atoms with van der Waals surface area (Å²) < 4.78 is 10.9. The highest BCUT2D eigenvalue weighted by Crippen LogP contribution is 2.35. The van der Waals surface area contributed by atoms with Gasteiger partial charge < -0.3 is 9.47 Å². The van der Waals surface area contributed by atoms with Crippen LogP contribution in [-0.4, -0.2) is 36.7 Å². The molecule has 3 aromatic rings. The third kappa shape index (κ3) is 4.82. The van der Waals surface area contributed by atoms with Crippen LogP contribution in [0.5, 0.6) is 5.75 Å². The van der Waals surface area contributed by atoms with Crippen LogP contribution in [0.25, 0.3) is 11.1 Å². The van der Waals surface area contributed by atoms with Gasteiger partial charge in [0, 0.05) is 5.56 Å². The molecule has 5 heteroatoms. The number of methoxy groups -OCH3 is 1. The maximum atomic E-state index is 13.6. The second kappa shape index (κ2) is 10.2. The Morgan fingerprint density at radius 1 is 1.12 bits per heavy atom. The van der Waals surface area contributed by atoms with E-state index in [9.17, 15) is 9.59 Å². The molecule has 3 aromatic carbocycles. The van der Waals surface area contributed by atoms with Crippen LogP contribution < -0.4 is 4.74 Å². The second-order valence-electron chi connectivity index (χ2n) is 8.03. The van der Waals surface area contributed by atoms with Gasteiger partial charge in [-0.15, -0.1) is 6.58 Å². The molecule has 1 heterocycles. The van der Waals surface area contributed by atoms with E-state index in [0.717, 1.165) is 22.3 Å². The van der Waals surface area contributed by atoms with Crippen molar-refractivity contribution in [3.05, 3.63) is 103 Å². The molecule has 5 nitrogen and oxygen atoms in total. The van der Waals surface area contributed by atoms with Gasteiger partial charge in [0.05, 0.1) is 19.1 Å². The number of amides is 2. The normalized spacial score (nSPS) is 16.2. The van der Waals surface area contributed by atoms with Crippen molar-refractivity contribution in [1.82, 2.24) is 4.90 Å². The Labute approximate surface area is 194 Å². The van der Waals surface area contributed by atoms with Gasteiger partial charge >= 0.3 is 6.09 Å². The molecule has 2 amide bonds. The van der Waals surface area contributed by atoms with Gasteiger partial charge in [0.15, 0.2) is 0 Å². The minimum atomic E-state index is -0.595. The van der Waals surface area contributed by atoms with Crippen LogP contribution in [0.3, 0.4) is 0 Å². The number of hydrogen-bond donors (Lipinski definition) is 0. The number of allylic oxidation sites excluding steroid dienone is 1. The molecular weight excluding hydrogens is 414 g/mol. The van der Waals surface area contributed by atoms with Gasteiger partial charge in [-0.25, -0.2) is 9.69 Å². The van der Waals surface area contributed by atoms with Gasteiger partial charge in [-0.2, -0.15) is 0 Å². The van der Waals surface area contributed by atoms with E-state index in [0.29, 0.717) is 18.6 Å². The van der Waals surface area contributed by atoms with Crippen molar-refractivity contribution in [3.8, 4) is 16.9 Å². The van der Waals surface area contributed by atoms with Crippen molar-refractivity contribution in [2.75, 3.05) is 13.7 Å². The molecule has 0 aliphatic carbocycles. The average Bonchev–Trinajstić information content (AvgIpc) is 3.22. The van der Waals surface area contributed by atoms with Gasteiger partial charge in [-0.1, -0.05) is 78.9 Å². The molecule has 1 fully saturated rings. The Morgan fingerprint density at radius 2 is 1.82 bits per heavy atom. The molecule has 1 saturated heterocycles. The third-order valence-electron chi connectivity index (χ3n) is 5.93. The molecule has 2 unspecified atom stereocenters. The lowest BCUT2D eigenvalue weighted by molar-refractivity contribution is -0.130. The summed E-state index contributed by atoms with van der Waals surface area (Å²) >= 11 is 0. The largest absolute Gasteiger partial charge is 0.496 e. The molecular formula is C28H27NO4.